The van der Waals surface area contributed by atoms with Crippen LogP contribution in [0, 0.1) is 11.3 Å². The van der Waals surface area contributed by atoms with E-state index in [0.29, 0.717) is 30.1 Å². The standard InChI is InChI=1S/C22H23N3O3/c1-3-25(4-2)22(27)18-8-10-19(11-9-18)24-21(26)14-7-17-5-12-20(13-6-17)28-16-15-23/h5-14H,3-4,16H2,1-2H3,(H,24,26)/b14-7+. The number of rotatable bonds is 8. The third-order valence-electron chi connectivity index (χ3n) is 4.06. The molecule has 6 heteroatoms. The van der Waals surface area contributed by atoms with Crippen LogP contribution in [0.5, 0.6) is 5.75 Å². The predicted octanol–water partition coefficient (Wildman–Crippen LogP) is 3.72. The van der Waals surface area contributed by atoms with Gasteiger partial charge in [-0.05, 0) is 61.9 Å². The number of nitrogens with zero attached hydrogens (tertiary/aromatic N) is 2. The van der Waals surface area contributed by atoms with Gasteiger partial charge in [0.05, 0.1) is 0 Å². The van der Waals surface area contributed by atoms with E-state index in [-0.39, 0.29) is 18.4 Å². The van der Waals surface area contributed by atoms with Gasteiger partial charge in [-0.1, -0.05) is 12.1 Å². The van der Waals surface area contributed by atoms with Crippen LogP contribution in [-0.4, -0.2) is 36.4 Å². The second-order valence-electron chi connectivity index (χ2n) is 5.89. The third-order valence-corrected chi connectivity index (χ3v) is 4.06. The van der Waals surface area contributed by atoms with Gasteiger partial charge in [0.25, 0.3) is 5.91 Å². The van der Waals surface area contributed by atoms with E-state index in [1.807, 2.05) is 19.9 Å². The highest BCUT2D eigenvalue weighted by Crippen LogP contribution is 2.14. The summed E-state index contributed by atoms with van der Waals surface area (Å²) in [4.78, 5) is 26.1. The van der Waals surface area contributed by atoms with Crippen LogP contribution in [0.2, 0.25) is 0 Å². The number of nitriles is 1. The molecule has 2 aromatic carbocycles. The van der Waals surface area contributed by atoms with Crippen molar-refractivity contribution in [3.8, 4) is 11.8 Å². The van der Waals surface area contributed by atoms with E-state index in [1.54, 1.807) is 59.5 Å². The number of amides is 2. The van der Waals surface area contributed by atoms with Gasteiger partial charge in [0.2, 0.25) is 5.91 Å². The van der Waals surface area contributed by atoms with Gasteiger partial charge in [0, 0.05) is 30.4 Å². The smallest absolute Gasteiger partial charge is 0.253 e. The quantitative estimate of drug-likeness (QED) is 0.711. The third kappa shape index (κ3) is 5.99. The molecular formula is C22H23N3O3. The van der Waals surface area contributed by atoms with Crippen LogP contribution in [0.3, 0.4) is 0 Å². The molecule has 0 aliphatic rings. The molecule has 144 valence electrons. The van der Waals surface area contributed by atoms with Crippen molar-refractivity contribution in [3.05, 3.63) is 65.7 Å². The van der Waals surface area contributed by atoms with Crippen molar-refractivity contribution < 1.29 is 14.3 Å². The number of benzene rings is 2. The van der Waals surface area contributed by atoms with Crippen molar-refractivity contribution in [1.82, 2.24) is 4.90 Å². The zero-order valence-electron chi connectivity index (χ0n) is 16.0. The van der Waals surface area contributed by atoms with Crippen LogP contribution >= 0.6 is 0 Å². The Labute approximate surface area is 165 Å². The summed E-state index contributed by atoms with van der Waals surface area (Å²) in [5.41, 5.74) is 2.04. The van der Waals surface area contributed by atoms with E-state index < -0.39 is 0 Å². The molecule has 0 saturated heterocycles. The minimum absolute atomic E-state index is 0.00308. The molecule has 0 heterocycles. The molecule has 0 bridgehead atoms. The van der Waals surface area contributed by atoms with E-state index in [4.69, 9.17) is 10.00 Å². The summed E-state index contributed by atoms with van der Waals surface area (Å²) in [6.45, 7) is 5.19. The number of nitrogens with one attached hydrogen (secondary N) is 1. The molecule has 0 aliphatic carbocycles. The van der Waals surface area contributed by atoms with E-state index in [9.17, 15) is 9.59 Å². The number of carbonyl (C=O) groups excluding carboxylic acids is 2. The molecule has 6 nitrogen and oxygen atoms in total. The van der Waals surface area contributed by atoms with Gasteiger partial charge >= 0.3 is 0 Å². The van der Waals surface area contributed by atoms with E-state index in [1.165, 1.54) is 6.08 Å². The molecule has 2 rings (SSSR count). The van der Waals surface area contributed by atoms with Crippen LogP contribution < -0.4 is 10.1 Å². The molecule has 2 aromatic rings. The molecule has 0 fully saturated rings. The van der Waals surface area contributed by atoms with Gasteiger partial charge in [0.15, 0.2) is 6.61 Å². The molecule has 2 amide bonds. The molecule has 0 aromatic heterocycles. The van der Waals surface area contributed by atoms with Crippen molar-refractivity contribution in [3.63, 3.8) is 0 Å². The van der Waals surface area contributed by atoms with E-state index in [2.05, 4.69) is 5.32 Å². The Kier molecular flexibility index (Phi) is 7.79. The summed E-state index contributed by atoms with van der Waals surface area (Å²) in [5.74, 6) is 0.306. The monoisotopic (exact) mass is 377 g/mol. The number of carbonyl (C=O) groups is 2. The van der Waals surface area contributed by atoms with E-state index >= 15 is 0 Å². The summed E-state index contributed by atoms with van der Waals surface area (Å²) in [5, 5.41) is 11.3. The Bertz CT molecular complexity index is 861. The fourth-order valence-electron chi connectivity index (χ4n) is 2.54. The summed E-state index contributed by atoms with van der Waals surface area (Å²) < 4.78 is 5.18. The van der Waals surface area contributed by atoms with Crippen molar-refractivity contribution in [1.29, 1.82) is 5.26 Å². The average Bonchev–Trinajstić information content (AvgIpc) is 2.73. The maximum absolute atomic E-state index is 12.3. The van der Waals surface area contributed by atoms with Gasteiger partial charge in [0.1, 0.15) is 11.8 Å². The second kappa shape index (κ2) is 10.5. The first-order valence-corrected chi connectivity index (χ1v) is 9.05. The maximum Gasteiger partial charge on any atom is 0.253 e. The van der Waals surface area contributed by atoms with Gasteiger partial charge < -0.3 is 15.0 Å². The second-order valence-corrected chi connectivity index (χ2v) is 5.89. The summed E-state index contributed by atoms with van der Waals surface area (Å²) in [6, 6.07) is 15.8. The SMILES string of the molecule is CCN(CC)C(=O)c1ccc(NC(=O)/C=C/c2ccc(OCC#N)cc2)cc1. The number of hydrogen-bond donors (Lipinski definition) is 1. The lowest BCUT2D eigenvalue weighted by molar-refractivity contribution is -0.111. The van der Waals surface area contributed by atoms with Crippen LogP contribution in [0.25, 0.3) is 6.08 Å². The van der Waals surface area contributed by atoms with Crippen LogP contribution in [0.1, 0.15) is 29.8 Å². The highest BCUT2D eigenvalue weighted by molar-refractivity contribution is 6.02. The Morgan fingerprint density at radius 2 is 1.71 bits per heavy atom. The van der Waals surface area contributed by atoms with Crippen LogP contribution in [0.15, 0.2) is 54.6 Å². The lowest BCUT2D eigenvalue weighted by Gasteiger charge is -2.18. The Hall–Kier alpha value is -3.59. The summed E-state index contributed by atoms with van der Waals surface area (Å²) >= 11 is 0. The lowest BCUT2D eigenvalue weighted by Crippen LogP contribution is -2.30. The normalized spacial score (nSPS) is 10.3. The first-order chi connectivity index (χ1) is 13.6. The highest BCUT2D eigenvalue weighted by Gasteiger charge is 2.12. The predicted molar refractivity (Wildman–Crippen MR) is 109 cm³/mol. The first-order valence-electron chi connectivity index (χ1n) is 9.05. The number of ether oxygens (including phenoxy) is 1. The molecular weight excluding hydrogens is 354 g/mol. The average molecular weight is 377 g/mol. The molecule has 1 N–H and O–H groups in total. The number of hydrogen-bond acceptors (Lipinski definition) is 4. The molecule has 0 radical (unpaired) electrons. The zero-order chi connectivity index (χ0) is 20.4. The first kappa shape index (κ1) is 20.7. The van der Waals surface area contributed by atoms with Crippen molar-refractivity contribution in [2.45, 2.75) is 13.8 Å². The minimum Gasteiger partial charge on any atom is -0.479 e. The summed E-state index contributed by atoms with van der Waals surface area (Å²) in [7, 11) is 0. The number of anilines is 1. The van der Waals surface area contributed by atoms with Crippen molar-refractivity contribution >= 4 is 23.6 Å². The molecule has 0 saturated carbocycles. The van der Waals surface area contributed by atoms with Crippen molar-refractivity contribution in [2.75, 3.05) is 25.0 Å². The lowest BCUT2D eigenvalue weighted by atomic mass is 10.1. The van der Waals surface area contributed by atoms with E-state index in [0.717, 1.165) is 5.56 Å². The Balaban J connectivity index is 1.93. The maximum atomic E-state index is 12.3. The van der Waals surface area contributed by atoms with Gasteiger partial charge in [-0.3, -0.25) is 9.59 Å². The highest BCUT2D eigenvalue weighted by atomic mass is 16.5. The molecule has 0 atom stereocenters. The fourth-order valence-corrected chi connectivity index (χ4v) is 2.54. The minimum atomic E-state index is -0.271. The van der Waals surface area contributed by atoms with Gasteiger partial charge in [-0.15, -0.1) is 0 Å². The Morgan fingerprint density at radius 3 is 2.29 bits per heavy atom. The summed E-state index contributed by atoms with van der Waals surface area (Å²) in [6.07, 6.45) is 3.11. The van der Waals surface area contributed by atoms with Crippen molar-refractivity contribution in [2.24, 2.45) is 0 Å². The fraction of sp³-hybridized carbons (Fsp3) is 0.227. The topological polar surface area (TPSA) is 82.4 Å². The molecule has 0 unspecified atom stereocenters. The molecule has 28 heavy (non-hydrogen) atoms. The van der Waals surface area contributed by atoms with Crippen LogP contribution in [0.4, 0.5) is 5.69 Å². The molecule has 0 aliphatic heterocycles. The Morgan fingerprint density at radius 1 is 1.07 bits per heavy atom. The van der Waals surface area contributed by atoms with Gasteiger partial charge in [-0.25, -0.2) is 0 Å². The zero-order valence-corrected chi connectivity index (χ0v) is 16.0. The molecule has 0 spiro atoms. The van der Waals surface area contributed by atoms with Gasteiger partial charge in [-0.2, -0.15) is 5.26 Å². The largest absolute Gasteiger partial charge is 0.479 e. The van der Waals surface area contributed by atoms with Crippen LogP contribution in [-0.2, 0) is 4.79 Å².